The second-order valence-corrected chi connectivity index (χ2v) is 7.85. The van der Waals surface area contributed by atoms with Gasteiger partial charge in [-0.25, -0.2) is 9.97 Å². The van der Waals surface area contributed by atoms with Crippen molar-refractivity contribution in [2.24, 2.45) is 0 Å². The van der Waals surface area contributed by atoms with Gasteiger partial charge in [-0.05, 0) is 6.07 Å². The number of carbonyl (C=O) groups excluding carboxylic acids is 1. The fourth-order valence-electron chi connectivity index (χ4n) is 2.96. The lowest BCUT2D eigenvalue weighted by molar-refractivity contribution is 0.0511. The lowest BCUT2D eigenvalue weighted by Gasteiger charge is -2.47. The summed E-state index contributed by atoms with van der Waals surface area (Å²) in [5.74, 6) is 1.68. The minimum absolute atomic E-state index is 0.0431. The highest BCUT2D eigenvalue weighted by Gasteiger charge is 2.51. The van der Waals surface area contributed by atoms with Gasteiger partial charge in [0.1, 0.15) is 11.8 Å². The number of hydrogen-bond donors (Lipinski definition) is 0. The molecule has 2 saturated heterocycles. The van der Waals surface area contributed by atoms with Gasteiger partial charge in [0, 0.05) is 42.9 Å². The molecule has 22 heavy (non-hydrogen) atoms. The van der Waals surface area contributed by atoms with Gasteiger partial charge in [-0.1, -0.05) is 6.07 Å². The fourth-order valence-corrected chi connectivity index (χ4v) is 5.01. The first-order valence-electron chi connectivity index (χ1n) is 7.13. The Morgan fingerprint density at radius 1 is 1.36 bits per heavy atom. The maximum atomic E-state index is 12.2. The molecule has 2 aliphatic rings. The largest absolute Gasteiger partial charge is 0.473 e. The summed E-state index contributed by atoms with van der Waals surface area (Å²) in [5.41, 5.74) is 2.26. The zero-order valence-electron chi connectivity index (χ0n) is 11.8. The van der Waals surface area contributed by atoms with Crippen molar-refractivity contribution in [2.45, 2.75) is 17.3 Å². The number of aromatic nitrogens is 2. The molecule has 0 saturated carbocycles. The van der Waals surface area contributed by atoms with Crippen LogP contribution in [0.2, 0.25) is 0 Å². The monoisotopic (exact) mass is 333 g/mol. The van der Waals surface area contributed by atoms with Crippen LogP contribution in [-0.4, -0.2) is 50.5 Å². The Hall–Kier alpha value is -1.60. The average Bonchev–Trinajstić information content (AvgIpc) is 3.16. The van der Waals surface area contributed by atoms with Crippen molar-refractivity contribution in [3.8, 4) is 5.88 Å². The maximum absolute atomic E-state index is 12.2. The first-order valence-corrected chi connectivity index (χ1v) is 9.06. The van der Waals surface area contributed by atoms with E-state index in [-0.39, 0.29) is 16.8 Å². The van der Waals surface area contributed by atoms with Gasteiger partial charge in [0.15, 0.2) is 0 Å². The van der Waals surface area contributed by atoms with E-state index in [1.54, 1.807) is 11.7 Å². The second kappa shape index (κ2) is 5.55. The SMILES string of the molecule is O=C(c1cscn1)N1CC2(C[C@@H](Oc3ccccn3)CS2)C1. The van der Waals surface area contributed by atoms with Crippen LogP contribution in [0, 0.1) is 0 Å². The molecule has 1 amide bonds. The minimum Gasteiger partial charge on any atom is -0.473 e. The molecule has 4 heterocycles. The number of thioether (sulfide) groups is 1. The van der Waals surface area contributed by atoms with Gasteiger partial charge in [0.05, 0.1) is 10.3 Å². The van der Waals surface area contributed by atoms with Crippen molar-refractivity contribution in [1.82, 2.24) is 14.9 Å². The van der Waals surface area contributed by atoms with E-state index in [4.69, 9.17) is 4.74 Å². The summed E-state index contributed by atoms with van der Waals surface area (Å²) in [7, 11) is 0. The molecule has 7 heteroatoms. The van der Waals surface area contributed by atoms with E-state index >= 15 is 0 Å². The number of hydrogen-bond acceptors (Lipinski definition) is 6. The van der Waals surface area contributed by atoms with Gasteiger partial charge in [0.25, 0.3) is 5.91 Å². The first kappa shape index (κ1) is 14.0. The van der Waals surface area contributed by atoms with E-state index < -0.39 is 0 Å². The third-order valence-corrected chi connectivity index (χ3v) is 6.16. The van der Waals surface area contributed by atoms with Crippen molar-refractivity contribution >= 4 is 29.0 Å². The van der Waals surface area contributed by atoms with Crippen LogP contribution in [0.4, 0.5) is 0 Å². The van der Waals surface area contributed by atoms with E-state index in [1.807, 2.05) is 40.2 Å². The Morgan fingerprint density at radius 2 is 2.27 bits per heavy atom. The van der Waals surface area contributed by atoms with Gasteiger partial charge < -0.3 is 9.64 Å². The molecule has 0 bridgehead atoms. The van der Waals surface area contributed by atoms with Crippen molar-refractivity contribution < 1.29 is 9.53 Å². The molecule has 0 aromatic carbocycles. The smallest absolute Gasteiger partial charge is 0.273 e. The predicted octanol–water partition coefficient (Wildman–Crippen LogP) is 2.32. The lowest BCUT2D eigenvalue weighted by Crippen LogP contribution is -2.60. The Morgan fingerprint density at radius 3 is 3.00 bits per heavy atom. The lowest BCUT2D eigenvalue weighted by atomic mass is 9.92. The number of amides is 1. The normalized spacial score (nSPS) is 22.5. The van der Waals surface area contributed by atoms with Crippen molar-refractivity contribution in [2.75, 3.05) is 18.8 Å². The van der Waals surface area contributed by atoms with Gasteiger partial charge in [0.2, 0.25) is 5.88 Å². The molecule has 2 aromatic heterocycles. The highest BCUT2D eigenvalue weighted by molar-refractivity contribution is 8.01. The summed E-state index contributed by atoms with van der Waals surface area (Å²) < 4.78 is 6.09. The topological polar surface area (TPSA) is 55.3 Å². The van der Waals surface area contributed by atoms with Gasteiger partial charge in [-0.15, -0.1) is 23.1 Å². The van der Waals surface area contributed by atoms with Crippen LogP contribution < -0.4 is 4.74 Å². The third kappa shape index (κ3) is 2.59. The molecule has 0 unspecified atom stereocenters. The van der Waals surface area contributed by atoms with Crippen LogP contribution in [0.1, 0.15) is 16.9 Å². The Kier molecular flexibility index (Phi) is 3.54. The van der Waals surface area contributed by atoms with Gasteiger partial charge in [-0.3, -0.25) is 4.79 Å². The fraction of sp³-hybridized carbons (Fsp3) is 0.400. The molecule has 0 N–H and O–H groups in total. The van der Waals surface area contributed by atoms with Crippen LogP contribution in [0.15, 0.2) is 35.3 Å². The number of carbonyl (C=O) groups is 1. The molecule has 0 radical (unpaired) electrons. The van der Waals surface area contributed by atoms with E-state index in [1.165, 1.54) is 11.3 Å². The van der Waals surface area contributed by atoms with Gasteiger partial charge >= 0.3 is 0 Å². The van der Waals surface area contributed by atoms with E-state index in [9.17, 15) is 4.79 Å². The Bertz CT molecular complexity index is 657. The number of ether oxygens (including phenoxy) is 1. The zero-order valence-corrected chi connectivity index (χ0v) is 13.5. The number of nitrogens with zero attached hydrogens (tertiary/aromatic N) is 3. The molecular formula is C15H15N3O2S2. The predicted molar refractivity (Wildman–Crippen MR) is 86.5 cm³/mol. The molecule has 1 spiro atoms. The van der Waals surface area contributed by atoms with Crippen molar-refractivity contribution in [3.05, 3.63) is 41.0 Å². The van der Waals surface area contributed by atoms with Crippen LogP contribution in [0.5, 0.6) is 5.88 Å². The van der Waals surface area contributed by atoms with Crippen LogP contribution in [0.3, 0.4) is 0 Å². The van der Waals surface area contributed by atoms with Crippen molar-refractivity contribution in [1.29, 1.82) is 0 Å². The zero-order chi connectivity index (χ0) is 15.0. The Balaban J connectivity index is 1.33. The van der Waals surface area contributed by atoms with E-state index in [0.29, 0.717) is 11.6 Å². The summed E-state index contributed by atoms with van der Waals surface area (Å²) in [4.78, 5) is 22.4. The second-order valence-electron chi connectivity index (χ2n) is 5.64. The number of pyridine rings is 1. The summed E-state index contributed by atoms with van der Waals surface area (Å²) in [5, 5.41) is 1.81. The minimum atomic E-state index is 0.0431. The van der Waals surface area contributed by atoms with E-state index in [2.05, 4.69) is 9.97 Å². The van der Waals surface area contributed by atoms with Gasteiger partial charge in [-0.2, -0.15) is 0 Å². The number of likely N-dealkylation sites (tertiary alicyclic amines) is 1. The number of thiazole rings is 1. The summed E-state index contributed by atoms with van der Waals surface area (Å²) >= 11 is 3.37. The molecule has 114 valence electrons. The van der Waals surface area contributed by atoms with Crippen LogP contribution in [-0.2, 0) is 0 Å². The molecule has 2 aliphatic heterocycles. The van der Waals surface area contributed by atoms with Crippen LogP contribution in [0.25, 0.3) is 0 Å². The van der Waals surface area contributed by atoms with Crippen molar-refractivity contribution in [3.63, 3.8) is 0 Å². The molecule has 5 nitrogen and oxygen atoms in total. The molecular weight excluding hydrogens is 318 g/mol. The maximum Gasteiger partial charge on any atom is 0.273 e. The highest BCUT2D eigenvalue weighted by atomic mass is 32.2. The van der Waals surface area contributed by atoms with E-state index in [0.717, 1.165) is 25.3 Å². The average molecular weight is 333 g/mol. The number of rotatable bonds is 3. The summed E-state index contributed by atoms with van der Waals surface area (Å²) in [6.45, 7) is 1.58. The summed E-state index contributed by atoms with van der Waals surface area (Å²) in [6, 6.07) is 5.69. The van der Waals surface area contributed by atoms with Crippen LogP contribution >= 0.6 is 23.1 Å². The molecule has 0 aliphatic carbocycles. The highest BCUT2D eigenvalue weighted by Crippen LogP contribution is 2.46. The first-order chi connectivity index (χ1) is 10.7. The molecule has 4 rings (SSSR count). The Labute approximate surface area is 136 Å². The third-order valence-electron chi connectivity index (χ3n) is 4.00. The molecule has 2 fully saturated rings. The quantitative estimate of drug-likeness (QED) is 0.863. The summed E-state index contributed by atoms with van der Waals surface area (Å²) in [6.07, 6.45) is 2.89. The molecule has 2 aromatic rings. The molecule has 1 atom stereocenters. The standard InChI is InChI=1S/C15H15N3O2S2/c19-14(12-7-21-10-17-12)18-8-15(9-18)5-11(6-22-15)20-13-3-1-2-4-16-13/h1-4,7,10-11H,5-6,8-9H2/t11-/m1/s1.